The fourth-order valence-electron chi connectivity index (χ4n) is 3.07. The average molecular weight is 382 g/mol. The smallest absolute Gasteiger partial charge is 0.126 e. The van der Waals surface area contributed by atoms with Crippen molar-refractivity contribution in [3.8, 4) is 11.5 Å². The fourth-order valence-corrected chi connectivity index (χ4v) is 5.05. The van der Waals surface area contributed by atoms with E-state index in [1.54, 1.807) is 25.6 Å². The predicted molar refractivity (Wildman–Crippen MR) is 110 cm³/mol. The summed E-state index contributed by atoms with van der Waals surface area (Å²) in [6, 6.07) is 18.6. The third kappa shape index (κ3) is 3.37. The number of nitrogens with zero attached hydrogens (tertiary/aromatic N) is 1. The standard InChI is InChI=1S/C21H19NO2S2/c1-23-14-9-10-15(18(12-14)24-2)21-13-17(19-8-5-11-25-19)22-16-6-3-4-7-20(16)26-21/h3-12,21H,13H2,1-2H3/t21-/m1/s1. The van der Waals surface area contributed by atoms with Crippen LogP contribution >= 0.6 is 23.1 Å². The highest BCUT2D eigenvalue weighted by Gasteiger charge is 2.25. The van der Waals surface area contributed by atoms with Gasteiger partial charge in [0, 0.05) is 33.1 Å². The van der Waals surface area contributed by atoms with Gasteiger partial charge in [-0.25, -0.2) is 0 Å². The van der Waals surface area contributed by atoms with E-state index in [9.17, 15) is 0 Å². The summed E-state index contributed by atoms with van der Waals surface area (Å²) >= 11 is 3.58. The van der Waals surface area contributed by atoms with Gasteiger partial charge in [-0.05, 0) is 29.6 Å². The molecule has 132 valence electrons. The minimum atomic E-state index is 0.223. The van der Waals surface area contributed by atoms with Crippen LogP contribution in [0.5, 0.6) is 11.5 Å². The van der Waals surface area contributed by atoms with Gasteiger partial charge in [0.25, 0.3) is 0 Å². The van der Waals surface area contributed by atoms with Crippen LogP contribution in [0.4, 0.5) is 5.69 Å². The summed E-state index contributed by atoms with van der Waals surface area (Å²) in [6.07, 6.45) is 0.850. The highest BCUT2D eigenvalue weighted by atomic mass is 32.2. The van der Waals surface area contributed by atoms with Gasteiger partial charge >= 0.3 is 0 Å². The molecule has 0 aliphatic carbocycles. The van der Waals surface area contributed by atoms with Gasteiger partial charge in [-0.15, -0.1) is 23.1 Å². The quantitative estimate of drug-likeness (QED) is 0.545. The zero-order chi connectivity index (χ0) is 17.9. The molecule has 0 unspecified atom stereocenters. The monoisotopic (exact) mass is 381 g/mol. The Bertz CT molecular complexity index is 935. The van der Waals surface area contributed by atoms with Crippen LogP contribution in [-0.4, -0.2) is 19.9 Å². The predicted octanol–water partition coefficient (Wildman–Crippen LogP) is 6.12. The van der Waals surface area contributed by atoms with E-state index in [2.05, 4.69) is 41.8 Å². The first kappa shape index (κ1) is 17.2. The number of ether oxygens (including phenoxy) is 2. The van der Waals surface area contributed by atoms with Crippen LogP contribution in [0.1, 0.15) is 22.1 Å². The first-order valence-electron chi connectivity index (χ1n) is 8.37. The van der Waals surface area contributed by atoms with E-state index in [-0.39, 0.29) is 5.25 Å². The number of hydrogen-bond acceptors (Lipinski definition) is 5. The number of fused-ring (bicyclic) bond motifs is 1. The first-order valence-corrected chi connectivity index (χ1v) is 10.1. The van der Waals surface area contributed by atoms with Crippen LogP contribution in [0, 0.1) is 0 Å². The van der Waals surface area contributed by atoms with Crippen LogP contribution < -0.4 is 9.47 Å². The summed E-state index contributed by atoms with van der Waals surface area (Å²) in [6.45, 7) is 0. The lowest BCUT2D eigenvalue weighted by molar-refractivity contribution is 0.391. The summed E-state index contributed by atoms with van der Waals surface area (Å²) in [7, 11) is 3.38. The average Bonchev–Trinajstić information content (AvgIpc) is 3.15. The molecule has 0 fully saturated rings. The third-order valence-electron chi connectivity index (χ3n) is 4.36. The van der Waals surface area contributed by atoms with E-state index in [1.165, 1.54) is 15.3 Å². The van der Waals surface area contributed by atoms with Crippen LogP contribution in [0.3, 0.4) is 0 Å². The molecule has 1 atom stereocenters. The van der Waals surface area contributed by atoms with Gasteiger partial charge in [0.05, 0.1) is 25.6 Å². The van der Waals surface area contributed by atoms with Gasteiger partial charge in [0.15, 0.2) is 0 Å². The maximum Gasteiger partial charge on any atom is 0.126 e. The fraction of sp³-hybridized carbons (Fsp3) is 0.190. The SMILES string of the molecule is COc1ccc([C@H]2CC(c3cccs3)=Nc3ccccc3S2)c(OC)c1. The minimum absolute atomic E-state index is 0.223. The molecule has 0 radical (unpaired) electrons. The molecule has 0 amide bonds. The Morgan fingerprint density at radius 3 is 2.65 bits per heavy atom. The van der Waals surface area contributed by atoms with E-state index in [1.807, 2.05) is 30.0 Å². The second-order valence-electron chi connectivity index (χ2n) is 5.92. The maximum absolute atomic E-state index is 5.67. The van der Waals surface area contributed by atoms with Gasteiger partial charge in [-0.2, -0.15) is 0 Å². The Morgan fingerprint density at radius 2 is 1.88 bits per heavy atom. The topological polar surface area (TPSA) is 30.8 Å². The largest absolute Gasteiger partial charge is 0.497 e. The molecule has 1 aromatic heterocycles. The van der Waals surface area contributed by atoms with E-state index in [0.29, 0.717) is 0 Å². The lowest BCUT2D eigenvalue weighted by Gasteiger charge is -2.19. The Hall–Kier alpha value is -2.24. The van der Waals surface area contributed by atoms with Gasteiger partial charge in [-0.1, -0.05) is 24.3 Å². The molecular weight excluding hydrogens is 362 g/mol. The molecule has 3 nitrogen and oxygen atoms in total. The van der Waals surface area contributed by atoms with Gasteiger partial charge < -0.3 is 9.47 Å². The molecule has 1 aliphatic rings. The molecule has 0 saturated carbocycles. The van der Waals surface area contributed by atoms with Crippen LogP contribution in [0.25, 0.3) is 0 Å². The molecule has 4 rings (SSSR count). The first-order chi connectivity index (χ1) is 12.8. The summed E-state index contributed by atoms with van der Waals surface area (Å²) < 4.78 is 11.0. The molecule has 1 aliphatic heterocycles. The Morgan fingerprint density at radius 1 is 1.00 bits per heavy atom. The molecule has 26 heavy (non-hydrogen) atoms. The van der Waals surface area contributed by atoms with E-state index < -0.39 is 0 Å². The van der Waals surface area contributed by atoms with Gasteiger partial charge in [0.1, 0.15) is 11.5 Å². The van der Waals surface area contributed by atoms with Crippen molar-refractivity contribution in [3.63, 3.8) is 0 Å². The van der Waals surface area contributed by atoms with E-state index in [0.717, 1.165) is 29.3 Å². The molecule has 2 aromatic carbocycles. The van der Waals surface area contributed by atoms with Crippen molar-refractivity contribution < 1.29 is 9.47 Å². The van der Waals surface area contributed by atoms with Crippen LogP contribution in [0.2, 0.25) is 0 Å². The molecule has 0 bridgehead atoms. The molecule has 5 heteroatoms. The summed E-state index contributed by atoms with van der Waals surface area (Å²) in [5.41, 5.74) is 3.33. The number of thiophene rings is 1. The van der Waals surface area contributed by atoms with Crippen molar-refractivity contribution in [3.05, 3.63) is 70.4 Å². The number of para-hydroxylation sites is 1. The number of hydrogen-bond donors (Lipinski definition) is 0. The second kappa shape index (κ2) is 7.56. The molecular formula is C21H19NO2S2. The van der Waals surface area contributed by atoms with E-state index >= 15 is 0 Å². The van der Waals surface area contributed by atoms with Gasteiger partial charge in [-0.3, -0.25) is 4.99 Å². The normalized spacial score (nSPS) is 16.4. The number of benzene rings is 2. The number of rotatable bonds is 4. The van der Waals surface area contributed by atoms with Crippen LogP contribution in [-0.2, 0) is 0 Å². The molecule has 0 N–H and O–H groups in total. The lowest BCUT2D eigenvalue weighted by atomic mass is 10.0. The van der Waals surface area contributed by atoms with E-state index in [4.69, 9.17) is 14.5 Å². The van der Waals surface area contributed by atoms with Crippen molar-refractivity contribution in [2.24, 2.45) is 4.99 Å². The molecule has 2 heterocycles. The van der Waals surface area contributed by atoms with Crippen molar-refractivity contribution in [2.45, 2.75) is 16.6 Å². The van der Waals surface area contributed by atoms with Crippen LogP contribution in [0.15, 0.2) is 69.9 Å². The molecule has 0 saturated heterocycles. The summed E-state index contributed by atoms with van der Waals surface area (Å²) in [5.74, 6) is 1.66. The summed E-state index contributed by atoms with van der Waals surface area (Å²) in [4.78, 5) is 7.41. The number of thioether (sulfide) groups is 1. The third-order valence-corrected chi connectivity index (χ3v) is 6.58. The maximum atomic E-state index is 5.67. The molecule has 0 spiro atoms. The second-order valence-corrected chi connectivity index (χ2v) is 8.11. The highest BCUT2D eigenvalue weighted by molar-refractivity contribution is 7.99. The van der Waals surface area contributed by atoms with Crippen molar-refractivity contribution in [1.29, 1.82) is 0 Å². The zero-order valence-corrected chi connectivity index (χ0v) is 16.3. The summed E-state index contributed by atoms with van der Waals surface area (Å²) in [5, 5.41) is 2.32. The zero-order valence-electron chi connectivity index (χ0n) is 14.6. The Balaban J connectivity index is 1.80. The highest BCUT2D eigenvalue weighted by Crippen LogP contribution is 2.48. The van der Waals surface area contributed by atoms with Crippen molar-refractivity contribution in [2.75, 3.05) is 14.2 Å². The Kier molecular flexibility index (Phi) is 5.00. The molecule has 3 aromatic rings. The van der Waals surface area contributed by atoms with Gasteiger partial charge in [0.2, 0.25) is 0 Å². The lowest BCUT2D eigenvalue weighted by Crippen LogP contribution is -2.05. The van der Waals surface area contributed by atoms with Crippen molar-refractivity contribution in [1.82, 2.24) is 0 Å². The van der Waals surface area contributed by atoms with Crippen molar-refractivity contribution >= 4 is 34.5 Å². The number of aliphatic imine (C=N–C) groups is 1. The number of methoxy groups -OCH3 is 2. The minimum Gasteiger partial charge on any atom is -0.497 e. The Labute approximate surface area is 161 Å².